The molecule has 0 radical (unpaired) electrons. The molecule has 1 aliphatic heterocycles. The van der Waals surface area contributed by atoms with Gasteiger partial charge in [-0.15, -0.1) is 11.3 Å². The van der Waals surface area contributed by atoms with Crippen LogP contribution < -0.4 is 0 Å². The van der Waals surface area contributed by atoms with E-state index in [1.807, 2.05) is 7.05 Å². The second-order valence-corrected chi connectivity index (χ2v) is 6.49. The molecule has 0 saturated carbocycles. The van der Waals surface area contributed by atoms with Crippen molar-refractivity contribution in [2.75, 3.05) is 33.4 Å². The van der Waals surface area contributed by atoms with Gasteiger partial charge in [-0.05, 0) is 37.9 Å². The van der Waals surface area contributed by atoms with E-state index < -0.39 is 0 Å². The molecule has 5 heteroatoms. The molecule has 0 aliphatic carbocycles. The zero-order valence-corrected chi connectivity index (χ0v) is 12.1. The molecule has 0 amide bonds. The van der Waals surface area contributed by atoms with Crippen LogP contribution in [0.25, 0.3) is 0 Å². The van der Waals surface area contributed by atoms with Crippen LogP contribution in [0, 0.1) is 5.92 Å². The number of halogens is 1. The summed E-state index contributed by atoms with van der Waals surface area (Å²) in [5, 5.41) is 0. The topological polar surface area (TPSA) is 29.5 Å². The molecule has 0 aromatic carbocycles. The van der Waals surface area contributed by atoms with Crippen LogP contribution in [0.4, 0.5) is 0 Å². The molecule has 1 aromatic heterocycles. The number of nitrogens with zero attached hydrogens (tertiary/aromatic N) is 1. The molecule has 0 atom stereocenters. The monoisotopic (exact) mass is 287 g/mol. The van der Waals surface area contributed by atoms with Gasteiger partial charge < -0.3 is 4.74 Å². The van der Waals surface area contributed by atoms with Gasteiger partial charge in [0.05, 0.1) is 15.8 Å². The number of thiophene rings is 1. The third-order valence-corrected chi connectivity index (χ3v) is 4.44. The fourth-order valence-corrected chi connectivity index (χ4v) is 3.19. The highest BCUT2D eigenvalue weighted by Gasteiger charge is 2.18. The molecule has 0 N–H and O–H groups in total. The molecule has 18 heavy (non-hydrogen) atoms. The maximum absolute atomic E-state index is 12.0. The van der Waals surface area contributed by atoms with E-state index in [-0.39, 0.29) is 5.78 Å². The molecular formula is C13H18ClNO2S. The zero-order chi connectivity index (χ0) is 13.0. The molecule has 2 rings (SSSR count). The lowest BCUT2D eigenvalue weighted by molar-refractivity contribution is 0.0550. The summed E-state index contributed by atoms with van der Waals surface area (Å²) in [7, 11) is 2.00. The summed E-state index contributed by atoms with van der Waals surface area (Å²) in [6.07, 6.45) is 2.20. The fourth-order valence-electron chi connectivity index (χ4n) is 2.22. The maximum atomic E-state index is 12.0. The van der Waals surface area contributed by atoms with Gasteiger partial charge in [0.25, 0.3) is 0 Å². The van der Waals surface area contributed by atoms with Crippen LogP contribution in [0.1, 0.15) is 22.5 Å². The maximum Gasteiger partial charge on any atom is 0.186 e. The van der Waals surface area contributed by atoms with Gasteiger partial charge in [0.2, 0.25) is 0 Å². The summed E-state index contributed by atoms with van der Waals surface area (Å²) >= 11 is 7.19. The third-order valence-electron chi connectivity index (χ3n) is 3.17. The van der Waals surface area contributed by atoms with Crippen molar-refractivity contribution in [2.24, 2.45) is 5.92 Å². The van der Waals surface area contributed by atoms with Gasteiger partial charge in [-0.25, -0.2) is 0 Å². The summed E-state index contributed by atoms with van der Waals surface area (Å²) in [6, 6.07) is 3.58. The van der Waals surface area contributed by atoms with Crippen molar-refractivity contribution < 1.29 is 9.53 Å². The summed E-state index contributed by atoms with van der Waals surface area (Å²) < 4.78 is 6.01. The largest absolute Gasteiger partial charge is 0.381 e. The van der Waals surface area contributed by atoms with Crippen LogP contribution in [-0.2, 0) is 4.74 Å². The van der Waals surface area contributed by atoms with Crippen molar-refractivity contribution in [3.8, 4) is 0 Å². The Labute approximate surface area is 117 Å². The van der Waals surface area contributed by atoms with E-state index in [0.717, 1.165) is 37.5 Å². The fraction of sp³-hybridized carbons (Fsp3) is 0.615. The van der Waals surface area contributed by atoms with E-state index in [0.29, 0.717) is 16.8 Å². The van der Waals surface area contributed by atoms with Gasteiger partial charge >= 0.3 is 0 Å². The van der Waals surface area contributed by atoms with E-state index in [1.165, 1.54) is 11.3 Å². The number of ether oxygens (including phenoxy) is 1. The Morgan fingerprint density at radius 3 is 2.83 bits per heavy atom. The summed E-state index contributed by atoms with van der Waals surface area (Å²) in [5.74, 6) is 0.810. The minimum atomic E-state index is 0.154. The molecule has 3 nitrogen and oxygen atoms in total. The number of carbonyl (C=O) groups excluding carboxylic acids is 1. The van der Waals surface area contributed by atoms with Crippen molar-refractivity contribution in [1.82, 2.24) is 4.90 Å². The predicted octanol–water partition coefficient (Wildman–Crippen LogP) is 2.94. The van der Waals surface area contributed by atoms with Gasteiger partial charge in [-0.1, -0.05) is 11.6 Å². The van der Waals surface area contributed by atoms with E-state index >= 15 is 0 Å². The van der Waals surface area contributed by atoms with Crippen LogP contribution in [0.15, 0.2) is 12.1 Å². The van der Waals surface area contributed by atoms with E-state index in [1.54, 1.807) is 12.1 Å². The quantitative estimate of drug-likeness (QED) is 0.780. The lowest BCUT2D eigenvalue weighted by Crippen LogP contribution is -2.33. The predicted molar refractivity (Wildman–Crippen MR) is 74.7 cm³/mol. The van der Waals surface area contributed by atoms with E-state index in [4.69, 9.17) is 16.3 Å². The number of rotatable bonds is 5. The van der Waals surface area contributed by atoms with Gasteiger partial charge in [-0.3, -0.25) is 9.69 Å². The van der Waals surface area contributed by atoms with Gasteiger partial charge in [0.1, 0.15) is 0 Å². The SMILES string of the molecule is CN(CC(=O)c1ccc(Cl)s1)CC1CCOCC1. The molecular weight excluding hydrogens is 270 g/mol. The second kappa shape index (κ2) is 6.66. The lowest BCUT2D eigenvalue weighted by Gasteiger charge is -2.26. The molecule has 2 heterocycles. The smallest absolute Gasteiger partial charge is 0.186 e. The Bertz CT molecular complexity index is 401. The Morgan fingerprint density at radius 2 is 2.22 bits per heavy atom. The lowest BCUT2D eigenvalue weighted by atomic mass is 10.00. The van der Waals surface area contributed by atoms with Crippen molar-refractivity contribution in [3.05, 3.63) is 21.3 Å². The summed E-state index contributed by atoms with van der Waals surface area (Å²) in [6.45, 7) is 3.14. The van der Waals surface area contributed by atoms with Gasteiger partial charge in [0.15, 0.2) is 5.78 Å². The molecule has 0 bridgehead atoms. The Kier molecular flexibility index (Phi) is 5.18. The average molecular weight is 288 g/mol. The molecule has 0 spiro atoms. The highest BCUT2D eigenvalue weighted by molar-refractivity contribution is 7.18. The van der Waals surface area contributed by atoms with Crippen LogP contribution in [0.3, 0.4) is 0 Å². The number of Topliss-reactive ketones (excluding diaryl/α,β-unsaturated/α-hetero) is 1. The van der Waals surface area contributed by atoms with E-state index in [9.17, 15) is 4.79 Å². The van der Waals surface area contributed by atoms with Crippen LogP contribution in [0.5, 0.6) is 0 Å². The number of carbonyl (C=O) groups is 1. The van der Waals surface area contributed by atoms with Crippen molar-refractivity contribution in [3.63, 3.8) is 0 Å². The summed E-state index contributed by atoms with van der Waals surface area (Å²) in [4.78, 5) is 14.8. The molecule has 1 saturated heterocycles. The first-order valence-corrected chi connectivity index (χ1v) is 7.39. The number of likely N-dealkylation sites (N-methyl/N-ethyl adjacent to an activating group) is 1. The number of ketones is 1. The molecule has 1 aliphatic rings. The standard InChI is InChI=1S/C13H18ClNO2S/c1-15(8-10-4-6-17-7-5-10)9-11(16)12-2-3-13(14)18-12/h2-3,10H,4-9H2,1H3. The Morgan fingerprint density at radius 1 is 1.50 bits per heavy atom. The first-order chi connectivity index (χ1) is 8.65. The van der Waals surface area contributed by atoms with E-state index in [2.05, 4.69) is 4.90 Å². The number of hydrogen-bond acceptors (Lipinski definition) is 4. The van der Waals surface area contributed by atoms with Crippen molar-refractivity contribution in [2.45, 2.75) is 12.8 Å². The Hall–Kier alpha value is -0.420. The zero-order valence-electron chi connectivity index (χ0n) is 10.5. The molecule has 1 fully saturated rings. The first-order valence-electron chi connectivity index (χ1n) is 6.20. The molecule has 100 valence electrons. The average Bonchev–Trinajstić information content (AvgIpc) is 2.77. The van der Waals surface area contributed by atoms with Crippen LogP contribution in [-0.4, -0.2) is 44.0 Å². The highest BCUT2D eigenvalue weighted by Crippen LogP contribution is 2.22. The minimum absolute atomic E-state index is 0.154. The molecule has 1 aromatic rings. The minimum Gasteiger partial charge on any atom is -0.381 e. The Balaban J connectivity index is 1.79. The first kappa shape index (κ1) is 14.0. The van der Waals surface area contributed by atoms with Crippen molar-refractivity contribution >= 4 is 28.7 Å². The third kappa shape index (κ3) is 4.05. The second-order valence-electron chi connectivity index (χ2n) is 4.78. The normalized spacial score (nSPS) is 17.3. The van der Waals surface area contributed by atoms with Gasteiger partial charge in [0, 0.05) is 19.8 Å². The molecule has 0 unspecified atom stereocenters. The highest BCUT2D eigenvalue weighted by atomic mass is 35.5. The number of hydrogen-bond donors (Lipinski definition) is 0. The van der Waals surface area contributed by atoms with Crippen LogP contribution >= 0.6 is 22.9 Å². The van der Waals surface area contributed by atoms with Crippen molar-refractivity contribution in [1.29, 1.82) is 0 Å². The van der Waals surface area contributed by atoms with Crippen LogP contribution in [0.2, 0.25) is 4.34 Å². The summed E-state index contributed by atoms with van der Waals surface area (Å²) in [5.41, 5.74) is 0. The van der Waals surface area contributed by atoms with Gasteiger partial charge in [-0.2, -0.15) is 0 Å².